The quantitative estimate of drug-likeness (QED) is 0.729. The molecule has 0 fully saturated rings. The van der Waals surface area contributed by atoms with Crippen LogP contribution in [0.2, 0.25) is 4.34 Å². The zero-order chi connectivity index (χ0) is 12.0. The molecule has 3 aromatic heterocycles. The van der Waals surface area contributed by atoms with Crippen molar-refractivity contribution in [2.24, 2.45) is 0 Å². The number of aryl methyl sites for hydroxylation is 1. The molecule has 0 saturated heterocycles. The predicted molar refractivity (Wildman–Crippen MR) is 72.7 cm³/mol. The summed E-state index contributed by atoms with van der Waals surface area (Å²) in [6.07, 6.45) is 3.84. The SMILES string of the molecule is Cc1cc(N)cn2cc(-c3csc(Cl)c3)nc12. The third-order valence-electron chi connectivity index (χ3n) is 2.62. The van der Waals surface area contributed by atoms with Crippen LogP contribution in [0, 0.1) is 6.92 Å². The average molecular weight is 264 g/mol. The van der Waals surface area contributed by atoms with E-state index in [1.807, 2.05) is 41.2 Å². The van der Waals surface area contributed by atoms with E-state index in [0.717, 1.165) is 32.5 Å². The number of imidazole rings is 1. The smallest absolute Gasteiger partial charge is 0.140 e. The third kappa shape index (κ3) is 1.79. The van der Waals surface area contributed by atoms with Gasteiger partial charge in [-0.1, -0.05) is 11.6 Å². The van der Waals surface area contributed by atoms with Crippen molar-refractivity contribution in [2.75, 3.05) is 5.73 Å². The minimum Gasteiger partial charge on any atom is -0.398 e. The lowest BCUT2D eigenvalue weighted by Crippen LogP contribution is -1.92. The Labute approximate surface area is 107 Å². The maximum Gasteiger partial charge on any atom is 0.140 e. The number of nitrogen functional groups attached to an aromatic ring is 1. The molecule has 0 aliphatic heterocycles. The van der Waals surface area contributed by atoms with Crippen molar-refractivity contribution in [3.05, 3.63) is 39.8 Å². The van der Waals surface area contributed by atoms with Gasteiger partial charge < -0.3 is 10.1 Å². The van der Waals surface area contributed by atoms with E-state index in [4.69, 9.17) is 17.3 Å². The van der Waals surface area contributed by atoms with E-state index < -0.39 is 0 Å². The zero-order valence-electron chi connectivity index (χ0n) is 9.14. The molecule has 17 heavy (non-hydrogen) atoms. The number of anilines is 1. The minimum atomic E-state index is 0.738. The van der Waals surface area contributed by atoms with Crippen LogP contribution in [0.1, 0.15) is 5.56 Å². The summed E-state index contributed by atoms with van der Waals surface area (Å²) in [5.41, 5.74) is 10.5. The number of fused-ring (bicyclic) bond motifs is 1. The van der Waals surface area contributed by atoms with Crippen LogP contribution in [0.15, 0.2) is 29.9 Å². The number of nitrogens with two attached hydrogens (primary N) is 1. The molecule has 0 aliphatic carbocycles. The lowest BCUT2D eigenvalue weighted by atomic mass is 10.3. The molecule has 0 radical (unpaired) electrons. The molecule has 2 N–H and O–H groups in total. The fraction of sp³-hybridized carbons (Fsp3) is 0.0833. The number of aromatic nitrogens is 2. The van der Waals surface area contributed by atoms with E-state index in [0.29, 0.717) is 0 Å². The maximum atomic E-state index is 5.93. The van der Waals surface area contributed by atoms with Crippen molar-refractivity contribution in [1.29, 1.82) is 0 Å². The highest BCUT2D eigenvalue weighted by molar-refractivity contribution is 7.14. The van der Waals surface area contributed by atoms with Crippen molar-refractivity contribution in [3.63, 3.8) is 0 Å². The maximum absolute atomic E-state index is 5.93. The molecule has 0 bridgehead atoms. The number of nitrogens with zero attached hydrogens (tertiary/aromatic N) is 2. The number of thiophene rings is 1. The number of hydrogen-bond acceptors (Lipinski definition) is 3. The summed E-state index contributed by atoms with van der Waals surface area (Å²) >= 11 is 7.44. The van der Waals surface area contributed by atoms with Crippen LogP contribution >= 0.6 is 22.9 Å². The lowest BCUT2D eigenvalue weighted by molar-refractivity contribution is 1.17. The van der Waals surface area contributed by atoms with Gasteiger partial charge in [-0.3, -0.25) is 0 Å². The molecule has 0 unspecified atom stereocenters. The molecule has 0 saturated carbocycles. The van der Waals surface area contributed by atoms with Crippen molar-refractivity contribution in [2.45, 2.75) is 6.92 Å². The van der Waals surface area contributed by atoms with Gasteiger partial charge in [0.15, 0.2) is 0 Å². The number of rotatable bonds is 1. The van der Waals surface area contributed by atoms with Crippen LogP contribution < -0.4 is 5.73 Å². The molecular weight excluding hydrogens is 254 g/mol. The molecule has 3 nitrogen and oxygen atoms in total. The summed E-state index contributed by atoms with van der Waals surface area (Å²) < 4.78 is 2.72. The van der Waals surface area contributed by atoms with Gasteiger partial charge in [0.05, 0.1) is 10.0 Å². The van der Waals surface area contributed by atoms with Gasteiger partial charge in [-0.2, -0.15) is 0 Å². The molecule has 3 heterocycles. The first-order valence-corrected chi connectivity index (χ1v) is 6.38. The molecule has 86 valence electrons. The van der Waals surface area contributed by atoms with Gasteiger partial charge in [0.2, 0.25) is 0 Å². The van der Waals surface area contributed by atoms with E-state index in [1.54, 1.807) is 0 Å². The lowest BCUT2D eigenvalue weighted by Gasteiger charge is -1.98. The highest BCUT2D eigenvalue weighted by Crippen LogP contribution is 2.29. The second-order valence-electron chi connectivity index (χ2n) is 3.95. The summed E-state index contributed by atoms with van der Waals surface area (Å²) in [5.74, 6) is 0. The van der Waals surface area contributed by atoms with E-state index in [2.05, 4.69) is 4.98 Å². The Kier molecular flexibility index (Phi) is 2.34. The van der Waals surface area contributed by atoms with Crippen molar-refractivity contribution >= 4 is 34.3 Å². The number of hydrogen-bond donors (Lipinski definition) is 1. The Morgan fingerprint density at radius 1 is 1.35 bits per heavy atom. The average Bonchev–Trinajstić information content (AvgIpc) is 2.83. The van der Waals surface area contributed by atoms with E-state index in [1.165, 1.54) is 11.3 Å². The monoisotopic (exact) mass is 263 g/mol. The van der Waals surface area contributed by atoms with Gasteiger partial charge in [0.25, 0.3) is 0 Å². The van der Waals surface area contributed by atoms with E-state index >= 15 is 0 Å². The topological polar surface area (TPSA) is 43.3 Å². The van der Waals surface area contributed by atoms with Gasteiger partial charge in [-0.25, -0.2) is 4.98 Å². The van der Waals surface area contributed by atoms with E-state index in [9.17, 15) is 0 Å². The Bertz CT molecular complexity index is 699. The van der Waals surface area contributed by atoms with E-state index in [-0.39, 0.29) is 0 Å². The summed E-state index contributed by atoms with van der Waals surface area (Å²) in [6.45, 7) is 2.00. The second-order valence-corrected chi connectivity index (χ2v) is 5.50. The number of halogens is 1. The molecule has 0 spiro atoms. The third-order valence-corrected chi connectivity index (χ3v) is 3.71. The largest absolute Gasteiger partial charge is 0.398 e. The Morgan fingerprint density at radius 2 is 2.18 bits per heavy atom. The minimum absolute atomic E-state index is 0.738. The van der Waals surface area contributed by atoms with Gasteiger partial charge in [-0.15, -0.1) is 11.3 Å². The van der Waals surface area contributed by atoms with Gasteiger partial charge in [-0.05, 0) is 24.6 Å². The molecule has 3 aromatic rings. The molecule has 0 aliphatic rings. The van der Waals surface area contributed by atoms with Crippen LogP contribution in [0.3, 0.4) is 0 Å². The standard InChI is InChI=1S/C12H10ClN3S/c1-7-2-9(14)4-16-5-10(15-12(7)16)8-3-11(13)17-6-8/h2-6H,14H2,1H3. The normalized spacial score (nSPS) is 11.2. The molecule has 5 heteroatoms. The van der Waals surface area contributed by atoms with Crippen LogP contribution in [0.25, 0.3) is 16.9 Å². The number of pyridine rings is 1. The van der Waals surface area contributed by atoms with Crippen LogP contribution in [0.4, 0.5) is 5.69 Å². The molecule has 0 aromatic carbocycles. The second kappa shape index (κ2) is 3.75. The highest BCUT2D eigenvalue weighted by Gasteiger charge is 2.08. The fourth-order valence-electron chi connectivity index (χ4n) is 1.88. The summed E-state index contributed by atoms with van der Waals surface area (Å²) in [5, 5.41) is 2.00. The molecule has 0 atom stereocenters. The molecule has 3 rings (SSSR count). The van der Waals surface area contributed by atoms with Crippen LogP contribution in [0.5, 0.6) is 0 Å². The van der Waals surface area contributed by atoms with Crippen LogP contribution in [-0.4, -0.2) is 9.38 Å². The fourth-order valence-corrected chi connectivity index (χ4v) is 2.75. The van der Waals surface area contributed by atoms with Crippen molar-refractivity contribution in [1.82, 2.24) is 9.38 Å². The van der Waals surface area contributed by atoms with Crippen LogP contribution in [-0.2, 0) is 0 Å². The van der Waals surface area contributed by atoms with Gasteiger partial charge >= 0.3 is 0 Å². The Hall–Kier alpha value is -1.52. The molecule has 0 amide bonds. The first-order valence-electron chi connectivity index (χ1n) is 5.13. The summed E-state index contributed by atoms with van der Waals surface area (Å²) in [7, 11) is 0. The Morgan fingerprint density at radius 3 is 2.88 bits per heavy atom. The Balaban J connectivity index is 2.23. The van der Waals surface area contributed by atoms with Crippen molar-refractivity contribution < 1.29 is 0 Å². The van der Waals surface area contributed by atoms with Gasteiger partial charge in [0.1, 0.15) is 5.65 Å². The zero-order valence-corrected chi connectivity index (χ0v) is 10.7. The highest BCUT2D eigenvalue weighted by atomic mass is 35.5. The summed E-state index contributed by atoms with van der Waals surface area (Å²) in [6, 6.07) is 3.85. The predicted octanol–water partition coefficient (Wildman–Crippen LogP) is 3.61. The first-order chi connectivity index (χ1) is 8.13. The first kappa shape index (κ1) is 10.6. The summed E-state index contributed by atoms with van der Waals surface area (Å²) in [4.78, 5) is 4.59. The molecular formula is C12H10ClN3S. The van der Waals surface area contributed by atoms with Crippen molar-refractivity contribution in [3.8, 4) is 11.3 Å². The van der Waals surface area contributed by atoms with Gasteiger partial charge in [0, 0.05) is 29.0 Å².